The first-order valence-electron chi connectivity index (χ1n) is 4.64. The molecule has 0 atom stereocenters. The second-order valence-corrected chi connectivity index (χ2v) is 3.68. The minimum Gasteiger partial charge on any atom is -0.476 e. The van der Waals surface area contributed by atoms with Gasteiger partial charge >= 0.3 is 5.97 Å². The smallest absolute Gasteiger partial charge is 0.359 e. The first-order valence-corrected chi connectivity index (χ1v) is 5.02. The van der Waals surface area contributed by atoms with E-state index in [-0.39, 0.29) is 23.2 Å². The molecule has 7 heteroatoms. The number of hydrogen-bond acceptors (Lipinski definition) is 3. The van der Waals surface area contributed by atoms with Gasteiger partial charge in [-0.15, -0.1) is 5.10 Å². The second-order valence-electron chi connectivity index (χ2n) is 3.32. The molecule has 2 rings (SSSR count). The van der Waals surface area contributed by atoms with Crippen LogP contribution in [0.5, 0.6) is 0 Å². The van der Waals surface area contributed by atoms with E-state index in [0.717, 1.165) is 0 Å². The molecule has 2 aromatic rings. The fourth-order valence-corrected chi connectivity index (χ4v) is 1.55. The summed E-state index contributed by atoms with van der Waals surface area (Å²) in [6.07, 6.45) is 0. The summed E-state index contributed by atoms with van der Waals surface area (Å²) in [5.74, 6) is -1.63. The predicted octanol–water partition coefficient (Wildman–Crippen LogP) is 1.82. The van der Waals surface area contributed by atoms with Crippen LogP contribution in [0.15, 0.2) is 24.3 Å². The topological polar surface area (TPSA) is 68.0 Å². The number of benzene rings is 1. The van der Waals surface area contributed by atoms with E-state index in [1.165, 1.54) is 16.8 Å². The van der Waals surface area contributed by atoms with Crippen LogP contribution in [0.2, 0.25) is 5.15 Å². The summed E-state index contributed by atoms with van der Waals surface area (Å²) < 4.78 is 14.1. The molecule has 1 N–H and O–H groups in total. The fourth-order valence-electron chi connectivity index (χ4n) is 1.34. The highest BCUT2D eigenvalue weighted by Gasteiger charge is 2.17. The van der Waals surface area contributed by atoms with E-state index in [4.69, 9.17) is 16.7 Å². The average Bonchev–Trinajstić information content (AvgIpc) is 2.61. The Kier molecular flexibility index (Phi) is 3.06. The number of carboxylic acid groups (broad SMARTS) is 1. The van der Waals surface area contributed by atoms with Crippen LogP contribution >= 0.6 is 11.6 Å². The van der Waals surface area contributed by atoms with Crippen LogP contribution in [-0.4, -0.2) is 26.1 Å². The van der Waals surface area contributed by atoms with Crippen molar-refractivity contribution in [3.8, 4) is 0 Å². The minimum atomic E-state index is -1.25. The van der Waals surface area contributed by atoms with Crippen LogP contribution in [0.3, 0.4) is 0 Å². The van der Waals surface area contributed by atoms with Crippen LogP contribution in [0, 0.1) is 5.82 Å². The third-order valence-electron chi connectivity index (χ3n) is 2.10. The van der Waals surface area contributed by atoms with Crippen molar-refractivity contribution in [2.45, 2.75) is 6.54 Å². The van der Waals surface area contributed by atoms with Crippen molar-refractivity contribution in [3.63, 3.8) is 0 Å². The molecular weight excluding hydrogens is 249 g/mol. The van der Waals surface area contributed by atoms with Gasteiger partial charge in [-0.1, -0.05) is 28.9 Å². The SMILES string of the molecule is O=C(O)c1nnn(Cc2cccc(F)c2)c1Cl. The maximum absolute atomic E-state index is 12.9. The first-order chi connectivity index (χ1) is 8.08. The number of hydrogen-bond donors (Lipinski definition) is 1. The number of aromatic carboxylic acids is 1. The Balaban J connectivity index is 2.28. The Morgan fingerprint density at radius 2 is 2.29 bits per heavy atom. The molecule has 5 nitrogen and oxygen atoms in total. The van der Waals surface area contributed by atoms with Crippen LogP contribution in [0.4, 0.5) is 4.39 Å². The Morgan fingerprint density at radius 3 is 2.88 bits per heavy atom. The van der Waals surface area contributed by atoms with E-state index in [9.17, 15) is 9.18 Å². The molecule has 88 valence electrons. The molecule has 0 aliphatic heterocycles. The molecule has 0 unspecified atom stereocenters. The Morgan fingerprint density at radius 1 is 1.53 bits per heavy atom. The molecule has 1 heterocycles. The molecule has 0 aliphatic rings. The Labute approximate surface area is 100 Å². The monoisotopic (exact) mass is 255 g/mol. The van der Waals surface area contributed by atoms with E-state index in [1.807, 2.05) is 0 Å². The largest absolute Gasteiger partial charge is 0.476 e. The molecule has 1 aromatic carbocycles. The zero-order valence-corrected chi connectivity index (χ0v) is 9.23. The zero-order chi connectivity index (χ0) is 12.4. The summed E-state index contributed by atoms with van der Waals surface area (Å²) in [4.78, 5) is 10.7. The van der Waals surface area contributed by atoms with E-state index < -0.39 is 5.97 Å². The summed E-state index contributed by atoms with van der Waals surface area (Å²) in [6.45, 7) is 0.164. The van der Waals surface area contributed by atoms with Crippen LogP contribution in [0.1, 0.15) is 16.1 Å². The molecule has 0 saturated carbocycles. The lowest BCUT2D eigenvalue weighted by molar-refractivity contribution is 0.0690. The summed E-state index contributed by atoms with van der Waals surface area (Å²) in [5.41, 5.74) is 0.303. The first kappa shape index (κ1) is 11.5. The van der Waals surface area contributed by atoms with Gasteiger partial charge in [0.25, 0.3) is 0 Å². The third-order valence-corrected chi connectivity index (χ3v) is 2.47. The van der Waals surface area contributed by atoms with Gasteiger partial charge in [0.2, 0.25) is 5.69 Å². The highest BCUT2D eigenvalue weighted by molar-refractivity contribution is 6.32. The van der Waals surface area contributed by atoms with Crippen LogP contribution in [0.25, 0.3) is 0 Å². The van der Waals surface area contributed by atoms with Gasteiger partial charge in [-0.3, -0.25) is 0 Å². The standard InChI is InChI=1S/C10H7ClFN3O2/c11-9-8(10(16)17)13-14-15(9)5-6-2-1-3-7(12)4-6/h1-4H,5H2,(H,16,17). The Hall–Kier alpha value is -1.95. The highest BCUT2D eigenvalue weighted by Crippen LogP contribution is 2.15. The number of nitrogens with zero attached hydrogens (tertiary/aromatic N) is 3. The third kappa shape index (κ3) is 2.42. The van der Waals surface area contributed by atoms with Crippen molar-refractivity contribution in [2.24, 2.45) is 0 Å². The lowest BCUT2D eigenvalue weighted by Crippen LogP contribution is -2.03. The van der Waals surface area contributed by atoms with Crippen molar-refractivity contribution in [1.29, 1.82) is 0 Å². The summed E-state index contributed by atoms with van der Waals surface area (Å²) in [5, 5.41) is 15.7. The number of aromatic nitrogens is 3. The number of rotatable bonds is 3. The molecule has 0 fully saturated rings. The molecule has 1 aromatic heterocycles. The summed E-state index contributed by atoms with van der Waals surface area (Å²) >= 11 is 5.77. The van der Waals surface area contributed by atoms with E-state index in [0.29, 0.717) is 5.56 Å². The van der Waals surface area contributed by atoms with Gasteiger partial charge in [0.1, 0.15) is 5.82 Å². The van der Waals surface area contributed by atoms with Gasteiger partial charge in [0.05, 0.1) is 6.54 Å². The van der Waals surface area contributed by atoms with Gasteiger partial charge in [-0.05, 0) is 17.7 Å². The quantitative estimate of drug-likeness (QED) is 0.908. The van der Waals surface area contributed by atoms with Gasteiger partial charge < -0.3 is 5.11 Å². The summed E-state index contributed by atoms with van der Waals surface area (Å²) in [6, 6.07) is 5.86. The molecule has 0 bridgehead atoms. The van der Waals surface area contributed by atoms with Crippen molar-refractivity contribution in [1.82, 2.24) is 15.0 Å². The lowest BCUT2D eigenvalue weighted by Gasteiger charge is -2.02. The van der Waals surface area contributed by atoms with E-state index >= 15 is 0 Å². The Bertz CT molecular complexity index is 570. The normalized spacial score (nSPS) is 10.5. The average molecular weight is 256 g/mol. The van der Waals surface area contributed by atoms with Crippen molar-refractivity contribution in [3.05, 3.63) is 46.5 Å². The molecule has 0 aliphatic carbocycles. The molecule has 0 spiro atoms. The van der Waals surface area contributed by atoms with Gasteiger partial charge in [-0.2, -0.15) is 0 Å². The van der Waals surface area contributed by atoms with E-state index in [1.54, 1.807) is 12.1 Å². The fraction of sp³-hybridized carbons (Fsp3) is 0.100. The minimum absolute atomic E-state index is 0.0817. The maximum atomic E-state index is 12.9. The van der Waals surface area contributed by atoms with Crippen LogP contribution in [-0.2, 0) is 6.54 Å². The zero-order valence-electron chi connectivity index (χ0n) is 8.47. The van der Waals surface area contributed by atoms with Gasteiger partial charge in [0, 0.05) is 0 Å². The number of carboxylic acids is 1. The van der Waals surface area contributed by atoms with E-state index in [2.05, 4.69) is 10.3 Å². The highest BCUT2D eigenvalue weighted by atomic mass is 35.5. The summed E-state index contributed by atoms with van der Waals surface area (Å²) in [7, 11) is 0. The van der Waals surface area contributed by atoms with Gasteiger partial charge in [-0.25, -0.2) is 13.9 Å². The van der Waals surface area contributed by atoms with Crippen molar-refractivity contribution >= 4 is 17.6 Å². The lowest BCUT2D eigenvalue weighted by atomic mass is 10.2. The maximum Gasteiger partial charge on any atom is 0.359 e. The predicted molar refractivity (Wildman–Crippen MR) is 57.5 cm³/mol. The number of carbonyl (C=O) groups is 1. The number of halogens is 2. The molecule has 0 amide bonds. The molecule has 0 radical (unpaired) electrons. The van der Waals surface area contributed by atoms with Crippen LogP contribution < -0.4 is 0 Å². The van der Waals surface area contributed by atoms with Crippen molar-refractivity contribution in [2.75, 3.05) is 0 Å². The molecule has 0 saturated heterocycles. The van der Waals surface area contributed by atoms with Gasteiger partial charge in [0.15, 0.2) is 5.15 Å². The molecular formula is C10H7ClFN3O2. The van der Waals surface area contributed by atoms with Crippen molar-refractivity contribution < 1.29 is 14.3 Å². The molecule has 17 heavy (non-hydrogen) atoms. The second kappa shape index (κ2) is 4.50.